The van der Waals surface area contributed by atoms with Crippen molar-refractivity contribution in [1.29, 1.82) is 0 Å². The van der Waals surface area contributed by atoms with Crippen LogP contribution in [0.25, 0.3) is 28.5 Å². The van der Waals surface area contributed by atoms with Crippen LogP contribution < -0.4 is 14.8 Å². The second-order valence-electron chi connectivity index (χ2n) is 18.4. The normalized spacial score (nSPS) is 13.9. The molecule has 0 radical (unpaired) electrons. The highest BCUT2D eigenvalue weighted by molar-refractivity contribution is 7.85. The summed E-state index contributed by atoms with van der Waals surface area (Å²) < 4.78 is 101. The number of rotatable bonds is 40. The van der Waals surface area contributed by atoms with E-state index in [0.29, 0.717) is 169 Å². The van der Waals surface area contributed by atoms with Crippen LogP contribution in [0.3, 0.4) is 0 Å². The average molecular weight is 1080 g/mol. The molecule has 0 atom stereocenters. The number of aliphatic carboxylic acids is 1. The van der Waals surface area contributed by atoms with E-state index in [0.717, 1.165) is 44.6 Å². The number of benzene rings is 3. The van der Waals surface area contributed by atoms with Gasteiger partial charge in [-0.05, 0) is 72.9 Å². The largest absolute Gasteiger partial charge is 0.744 e. The third-order valence-electron chi connectivity index (χ3n) is 12.7. The first kappa shape index (κ1) is 62.0. The highest BCUT2D eigenvalue weighted by atomic mass is 32.2. The minimum Gasteiger partial charge on any atom is -0.744 e. The molecule has 0 saturated heterocycles. The molecule has 420 valence electrons. The van der Waals surface area contributed by atoms with Gasteiger partial charge >= 0.3 is 5.97 Å². The van der Waals surface area contributed by atoms with Crippen molar-refractivity contribution in [2.45, 2.75) is 56.8 Å². The van der Waals surface area contributed by atoms with Crippen LogP contribution in [-0.2, 0) is 67.7 Å². The molecule has 0 spiro atoms. The number of anilines is 1. The van der Waals surface area contributed by atoms with Crippen LogP contribution in [-0.4, -0.2) is 177 Å². The number of carbonyl (C=O) groups is 1. The number of unbranched alkanes of at least 4 members (excludes halogenated alkanes) is 2. The lowest BCUT2D eigenvalue weighted by Crippen LogP contribution is -2.36. The lowest BCUT2D eigenvalue weighted by atomic mass is 9.83. The summed E-state index contributed by atoms with van der Waals surface area (Å²) in [6, 6.07) is 21.0. The van der Waals surface area contributed by atoms with Gasteiger partial charge in [-0.2, -0.15) is 0 Å². The van der Waals surface area contributed by atoms with Crippen LogP contribution in [0.2, 0.25) is 0 Å². The van der Waals surface area contributed by atoms with Gasteiger partial charge in [-0.15, -0.1) is 0 Å². The molecule has 0 saturated carbocycles. The third kappa shape index (κ3) is 20.5. The predicted octanol–water partition coefficient (Wildman–Crippen LogP) is 6.80. The van der Waals surface area contributed by atoms with Gasteiger partial charge in [-0.3, -0.25) is 4.79 Å². The van der Waals surface area contributed by atoms with E-state index in [2.05, 4.69) is 39.8 Å². The zero-order valence-corrected chi connectivity index (χ0v) is 46.0. The summed E-state index contributed by atoms with van der Waals surface area (Å²) >= 11 is 0. The van der Waals surface area contributed by atoms with Crippen molar-refractivity contribution in [2.24, 2.45) is 0 Å². The van der Waals surface area contributed by atoms with Gasteiger partial charge in [-0.25, -0.2) is 13.0 Å². The fourth-order valence-corrected chi connectivity index (χ4v) is 9.18. The molecule has 1 aliphatic carbocycles. The van der Waals surface area contributed by atoms with Crippen LogP contribution in [0.4, 0.5) is 5.69 Å². The summed E-state index contributed by atoms with van der Waals surface area (Å²) in [5, 5.41) is 10.1. The van der Waals surface area contributed by atoms with E-state index in [1.807, 2.05) is 57.2 Å². The first-order valence-electron chi connectivity index (χ1n) is 26.2. The summed E-state index contributed by atoms with van der Waals surface area (Å²) in [6.07, 6.45) is 7.92. The van der Waals surface area contributed by atoms with Crippen LogP contribution >= 0.6 is 0 Å². The first-order valence-corrected chi connectivity index (χ1v) is 27.6. The minimum absolute atomic E-state index is 0.0864. The molecule has 0 fully saturated rings. The van der Waals surface area contributed by atoms with Gasteiger partial charge in [0.25, 0.3) is 0 Å². The fourth-order valence-electron chi connectivity index (χ4n) is 8.68. The maximum absolute atomic E-state index is 12.1. The van der Waals surface area contributed by atoms with E-state index in [1.165, 1.54) is 12.1 Å². The molecule has 2 aromatic carbocycles. The highest BCUT2D eigenvalue weighted by Gasteiger charge is 2.40. The Morgan fingerprint density at radius 2 is 1.21 bits per heavy atom. The Labute approximate surface area is 449 Å². The maximum atomic E-state index is 12.1. The van der Waals surface area contributed by atoms with E-state index in [1.54, 1.807) is 20.3 Å². The number of hydrogen-bond acceptors (Lipinski definition) is 16. The zero-order valence-electron chi connectivity index (χ0n) is 45.1. The van der Waals surface area contributed by atoms with Crippen LogP contribution in [0.1, 0.15) is 56.4 Å². The standard InChI is InChI=1S/C57H80N2O16S/c1-45-52(15-12-16-54-57(2,3)50-44-48(76(62,63)64)19-21-51(50)59(54)22-11-7-10-17-55(60)61)75-53-43-47(18-20-49(53)56(45)46-13-8-6-9-14-46)58(23-25-67-31-33-71-39-41-73-37-35-69-29-27-65-4)24-26-68-32-34-72-40-42-74-38-36-70-30-28-66-5/h6,8-9,12-16,18-21,43-44H,7,10-11,17,22-42H2,1-5H3,(H-,60,61,62,63,64). The molecular formula is C57H80N2O16S. The molecule has 5 rings (SSSR count). The molecule has 19 heteroatoms. The third-order valence-corrected chi connectivity index (χ3v) is 13.5. The van der Waals surface area contributed by atoms with Crippen LogP contribution in [0.15, 0.2) is 93.9 Å². The Morgan fingerprint density at radius 1 is 0.684 bits per heavy atom. The molecule has 2 aromatic rings. The van der Waals surface area contributed by atoms with E-state index < -0.39 is 21.5 Å². The van der Waals surface area contributed by atoms with E-state index in [-0.39, 0.29) is 11.3 Å². The van der Waals surface area contributed by atoms with Gasteiger partial charge in [0.05, 0.1) is 117 Å². The van der Waals surface area contributed by atoms with Crippen molar-refractivity contribution in [1.82, 2.24) is 4.58 Å². The Hall–Kier alpha value is -4.87. The van der Waals surface area contributed by atoms with Crippen LogP contribution in [0, 0.1) is 6.92 Å². The predicted molar refractivity (Wildman–Crippen MR) is 289 cm³/mol. The number of methoxy groups -OCH3 is 2. The van der Waals surface area contributed by atoms with Crippen molar-refractivity contribution in [3.05, 3.63) is 107 Å². The number of nitrogens with zero attached hydrogens (tertiary/aromatic N) is 2. The van der Waals surface area contributed by atoms with Crippen LogP contribution in [0.5, 0.6) is 0 Å². The van der Waals surface area contributed by atoms with Crippen molar-refractivity contribution >= 4 is 27.9 Å². The Kier molecular flexibility index (Phi) is 27.8. The Bertz CT molecular complexity index is 2510. The molecule has 0 bridgehead atoms. The highest BCUT2D eigenvalue weighted by Crippen LogP contribution is 2.49. The summed E-state index contributed by atoms with van der Waals surface area (Å²) in [5.41, 5.74) is 5.69. The molecule has 3 aliphatic rings. The Balaban J connectivity index is 1.36. The SMILES string of the molecule is COCCOCCOCCOCCOCC[N+](CCOCCOCCOCCOCCOC)=c1ccc2c(-c3ccccc3)c(C)c(/C=C/C=C3/N(CCCCCC(=O)O)c4ccc(S(=O)(=O)[O-])cc4C3(C)C)oc-2c1. The van der Waals surface area contributed by atoms with Gasteiger partial charge in [0.1, 0.15) is 34.9 Å². The monoisotopic (exact) mass is 1080 g/mol. The van der Waals surface area contributed by atoms with Gasteiger partial charge in [-0.1, -0.05) is 56.7 Å². The molecule has 0 aromatic heterocycles. The molecule has 2 aliphatic heterocycles. The number of ether oxygens (including phenoxy) is 10. The minimum atomic E-state index is -4.70. The van der Waals surface area contributed by atoms with Crippen molar-refractivity contribution in [2.75, 3.05) is 158 Å². The number of allylic oxidation sites excluding steroid dienone is 3. The lowest BCUT2D eigenvalue weighted by molar-refractivity contribution is -0.137. The summed E-state index contributed by atoms with van der Waals surface area (Å²) in [6.45, 7) is 16.3. The smallest absolute Gasteiger partial charge is 0.303 e. The van der Waals surface area contributed by atoms with E-state index in [9.17, 15) is 22.9 Å². The molecule has 1 N–H and O–H groups in total. The zero-order chi connectivity index (χ0) is 54.4. The lowest BCUT2D eigenvalue weighted by Gasteiger charge is -2.27. The second-order valence-corrected chi connectivity index (χ2v) is 19.8. The summed E-state index contributed by atoms with van der Waals surface area (Å²) in [5.74, 6) is 0.491. The van der Waals surface area contributed by atoms with Gasteiger partial charge < -0.3 is 66.3 Å². The Morgan fingerprint density at radius 3 is 1.72 bits per heavy atom. The molecule has 76 heavy (non-hydrogen) atoms. The molecule has 18 nitrogen and oxygen atoms in total. The summed E-state index contributed by atoms with van der Waals surface area (Å²) in [7, 11) is -1.42. The average Bonchev–Trinajstić information content (AvgIpc) is 3.62. The van der Waals surface area contributed by atoms with Gasteiger partial charge in [0.15, 0.2) is 13.1 Å². The molecule has 0 amide bonds. The quantitative estimate of drug-likeness (QED) is 0.0276. The van der Waals surface area contributed by atoms with Crippen molar-refractivity contribution in [3.8, 4) is 22.5 Å². The van der Waals surface area contributed by atoms with Crippen molar-refractivity contribution in [3.63, 3.8) is 0 Å². The van der Waals surface area contributed by atoms with E-state index >= 15 is 0 Å². The van der Waals surface area contributed by atoms with E-state index in [4.69, 9.17) is 51.8 Å². The maximum Gasteiger partial charge on any atom is 0.303 e. The summed E-state index contributed by atoms with van der Waals surface area (Å²) in [4.78, 5) is 13.1. The van der Waals surface area contributed by atoms with Gasteiger partial charge in [0.2, 0.25) is 5.36 Å². The van der Waals surface area contributed by atoms with Gasteiger partial charge in [0, 0.05) is 61.2 Å². The molecular weight excluding hydrogens is 1000 g/mol. The molecule has 2 heterocycles. The van der Waals surface area contributed by atoms with Crippen molar-refractivity contribution < 1.29 is 74.7 Å². The number of carboxylic acids is 1. The fraction of sp³-hybridized carbons (Fsp3) is 0.544. The molecule has 0 unspecified atom stereocenters. The first-order chi connectivity index (χ1) is 36.9. The number of fused-ring (bicyclic) bond motifs is 2. The number of hydrogen-bond donors (Lipinski definition) is 1. The second kappa shape index (κ2) is 34.1. The number of carboxylic acid groups (broad SMARTS) is 1. The topological polar surface area (TPSA) is 206 Å².